The van der Waals surface area contributed by atoms with E-state index in [9.17, 15) is 4.79 Å². The van der Waals surface area contributed by atoms with Gasteiger partial charge in [-0.3, -0.25) is 4.79 Å². The highest BCUT2D eigenvalue weighted by Gasteiger charge is 2.14. The Kier molecular flexibility index (Phi) is 6.11. The monoisotopic (exact) mass is 422 g/mol. The van der Waals surface area contributed by atoms with Crippen LogP contribution in [-0.2, 0) is 29.1 Å². The van der Waals surface area contributed by atoms with Crippen molar-refractivity contribution in [2.75, 3.05) is 6.61 Å². The summed E-state index contributed by atoms with van der Waals surface area (Å²) in [6.45, 7) is 2.91. The van der Waals surface area contributed by atoms with E-state index < -0.39 is 0 Å². The van der Waals surface area contributed by atoms with Crippen LogP contribution in [0.25, 0.3) is 22.2 Å². The molecule has 154 valence electrons. The Morgan fingerprint density at radius 2 is 2.10 bits per heavy atom. The van der Waals surface area contributed by atoms with Gasteiger partial charge in [0.1, 0.15) is 22.9 Å². The number of nitrogens with two attached hydrogens (primary N) is 1. The number of nitrogens with zero attached hydrogens (tertiary/aromatic N) is 1. The van der Waals surface area contributed by atoms with E-state index >= 15 is 0 Å². The maximum absolute atomic E-state index is 11.9. The molecule has 0 aliphatic carbocycles. The fraction of sp³-hybridized carbons (Fsp3) is 0.217. The number of aromatic nitrogens is 1. The largest absolute Gasteiger partial charge is 0.489 e. The van der Waals surface area contributed by atoms with Gasteiger partial charge < -0.3 is 19.6 Å². The van der Waals surface area contributed by atoms with E-state index in [1.54, 1.807) is 13.2 Å². The zero-order valence-electron chi connectivity index (χ0n) is 16.6. The number of esters is 1. The van der Waals surface area contributed by atoms with Crippen LogP contribution in [0.3, 0.4) is 0 Å². The van der Waals surface area contributed by atoms with E-state index in [1.165, 1.54) is 11.3 Å². The lowest BCUT2D eigenvalue weighted by molar-refractivity contribution is -0.142. The molecule has 0 bridgehead atoms. The Hall–Kier alpha value is -3.16. The van der Waals surface area contributed by atoms with Crippen LogP contribution in [0.5, 0.6) is 5.75 Å². The molecular formula is C23H22N2O4S. The SMILES string of the molecule is CCOC(=O)Cc1ccccc1OCc1cc(-c2csc(CN)n2)c2occc2c1. The first-order valence-electron chi connectivity index (χ1n) is 9.69. The standard InChI is InChI=1S/C23H22N2O4S/c1-2-27-22(26)11-16-5-3-4-6-20(16)29-13-15-9-17-7-8-28-23(17)18(10-15)19-14-30-21(12-24)25-19/h3-10,14H,2,11-13,24H2,1H3. The Bertz CT molecular complexity index is 1160. The zero-order chi connectivity index (χ0) is 20.9. The lowest BCUT2D eigenvalue weighted by Gasteiger charge is -2.12. The molecule has 4 rings (SSSR count). The number of benzene rings is 2. The predicted octanol–water partition coefficient (Wildman–Crippen LogP) is 4.70. The molecule has 0 amide bonds. The minimum Gasteiger partial charge on any atom is -0.489 e. The number of rotatable bonds is 8. The average molecular weight is 423 g/mol. The highest BCUT2D eigenvalue weighted by atomic mass is 32.1. The first-order valence-corrected chi connectivity index (χ1v) is 10.6. The molecule has 2 aromatic heterocycles. The van der Waals surface area contributed by atoms with E-state index in [2.05, 4.69) is 4.98 Å². The molecule has 0 fully saturated rings. The fourth-order valence-corrected chi connectivity index (χ4v) is 3.94. The van der Waals surface area contributed by atoms with Crippen molar-refractivity contribution in [1.82, 2.24) is 4.98 Å². The number of carbonyl (C=O) groups excluding carboxylic acids is 1. The molecular weight excluding hydrogens is 400 g/mol. The Morgan fingerprint density at radius 3 is 2.90 bits per heavy atom. The third-order valence-electron chi connectivity index (χ3n) is 4.62. The van der Waals surface area contributed by atoms with Crippen LogP contribution in [0.2, 0.25) is 0 Å². The van der Waals surface area contributed by atoms with Gasteiger partial charge in [0.2, 0.25) is 0 Å². The summed E-state index contributed by atoms with van der Waals surface area (Å²) in [7, 11) is 0. The number of para-hydroxylation sites is 1. The first kappa shape index (κ1) is 20.1. The van der Waals surface area contributed by atoms with Crippen LogP contribution in [0.1, 0.15) is 23.1 Å². The van der Waals surface area contributed by atoms with E-state index in [0.29, 0.717) is 25.5 Å². The molecule has 0 saturated carbocycles. The number of fused-ring (bicyclic) bond motifs is 1. The second-order valence-electron chi connectivity index (χ2n) is 6.69. The smallest absolute Gasteiger partial charge is 0.310 e. The van der Waals surface area contributed by atoms with Crippen molar-refractivity contribution in [1.29, 1.82) is 0 Å². The molecule has 7 heteroatoms. The molecule has 0 radical (unpaired) electrons. The maximum Gasteiger partial charge on any atom is 0.310 e. The van der Waals surface area contributed by atoms with Crippen LogP contribution in [0.15, 0.2) is 58.5 Å². The van der Waals surface area contributed by atoms with Crippen LogP contribution in [0.4, 0.5) is 0 Å². The van der Waals surface area contributed by atoms with E-state index in [-0.39, 0.29) is 12.4 Å². The second kappa shape index (κ2) is 9.11. The van der Waals surface area contributed by atoms with Crippen molar-refractivity contribution in [3.05, 3.63) is 70.2 Å². The van der Waals surface area contributed by atoms with E-state index in [0.717, 1.165) is 38.4 Å². The summed E-state index contributed by atoms with van der Waals surface area (Å²) >= 11 is 1.53. The summed E-state index contributed by atoms with van der Waals surface area (Å²) in [6.07, 6.45) is 1.85. The highest BCUT2D eigenvalue weighted by Crippen LogP contribution is 2.32. The molecule has 2 N–H and O–H groups in total. The lowest BCUT2D eigenvalue weighted by Crippen LogP contribution is -2.09. The molecule has 0 saturated heterocycles. The van der Waals surface area contributed by atoms with Crippen molar-refractivity contribution in [3.8, 4) is 17.0 Å². The number of ether oxygens (including phenoxy) is 2. The molecule has 0 unspecified atom stereocenters. The van der Waals surface area contributed by atoms with Gasteiger partial charge in [0.05, 0.1) is 25.0 Å². The number of thiazole rings is 1. The number of hydrogen-bond donors (Lipinski definition) is 1. The summed E-state index contributed by atoms with van der Waals surface area (Å²) < 4.78 is 16.8. The summed E-state index contributed by atoms with van der Waals surface area (Å²) in [6, 6.07) is 13.5. The van der Waals surface area contributed by atoms with Crippen LogP contribution < -0.4 is 10.5 Å². The summed E-state index contributed by atoms with van der Waals surface area (Å²) in [5, 5.41) is 3.84. The van der Waals surface area contributed by atoms with Gasteiger partial charge in [-0.2, -0.15) is 0 Å². The Balaban J connectivity index is 1.59. The molecule has 0 spiro atoms. The van der Waals surface area contributed by atoms with Crippen molar-refractivity contribution in [2.24, 2.45) is 5.73 Å². The Labute approximate surface area is 178 Å². The molecule has 6 nitrogen and oxygen atoms in total. The van der Waals surface area contributed by atoms with E-state index in [4.69, 9.17) is 19.6 Å². The average Bonchev–Trinajstić information content (AvgIpc) is 3.42. The predicted molar refractivity (Wildman–Crippen MR) is 116 cm³/mol. The number of carbonyl (C=O) groups is 1. The van der Waals surface area contributed by atoms with Gasteiger partial charge in [-0.25, -0.2) is 4.98 Å². The van der Waals surface area contributed by atoms with Crippen molar-refractivity contribution >= 4 is 28.3 Å². The molecule has 0 atom stereocenters. The quantitative estimate of drug-likeness (QED) is 0.414. The third kappa shape index (κ3) is 4.37. The minimum absolute atomic E-state index is 0.177. The highest BCUT2D eigenvalue weighted by molar-refractivity contribution is 7.09. The van der Waals surface area contributed by atoms with Gasteiger partial charge in [-0.15, -0.1) is 11.3 Å². The summed E-state index contributed by atoms with van der Waals surface area (Å²) in [5.41, 5.74) is 10.0. The summed E-state index contributed by atoms with van der Waals surface area (Å²) in [4.78, 5) is 16.5. The van der Waals surface area contributed by atoms with Crippen LogP contribution in [0, 0.1) is 0 Å². The van der Waals surface area contributed by atoms with Gasteiger partial charge in [0, 0.05) is 28.4 Å². The topological polar surface area (TPSA) is 87.6 Å². The van der Waals surface area contributed by atoms with Gasteiger partial charge in [0.15, 0.2) is 0 Å². The van der Waals surface area contributed by atoms with Gasteiger partial charge in [0.25, 0.3) is 0 Å². The van der Waals surface area contributed by atoms with Gasteiger partial charge >= 0.3 is 5.97 Å². The second-order valence-corrected chi connectivity index (χ2v) is 7.63. The molecule has 0 aliphatic heterocycles. The maximum atomic E-state index is 11.9. The normalized spacial score (nSPS) is 11.0. The minimum atomic E-state index is -0.269. The van der Waals surface area contributed by atoms with E-state index in [1.807, 2.05) is 47.8 Å². The molecule has 2 heterocycles. The van der Waals surface area contributed by atoms with Crippen LogP contribution in [-0.4, -0.2) is 17.6 Å². The fourth-order valence-electron chi connectivity index (χ4n) is 3.27. The Morgan fingerprint density at radius 1 is 1.23 bits per heavy atom. The lowest BCUT2D eigenvalue weighted by atomic mass is 10.1. The molecule has 30 heavy (non-hydrogen) atoms. The number of furan rings is 1. The zero-order valence-corrected chi connectivity index (χ0v) is 17.4. The van der Waals surface area contributed by atoms with Crippen molar-refractivity contribution < 1.29 is 18.7 Å². The van der Waals surface area contributed by atoms with Gasteiger partial charge in [-0.05, 0) is 36.8 Å². The van der Waals surface area contributed by atoms with Crippen molar-refractivity contribution in [2.45, 2.75) is 26.5 Å². The van der Waals surface area contributed by atoms with Crippen molar-refractivity contribution in [3.63, 3.8) is 0 Å². The molecule has 0 aliphatic rings. The number of hydrogen-bond acceptors (Lipinski definition) is 7. The van der Waals surface area contributed by atoms with Crippen LogP contribution >= 0.6 is 11.3 Å². The third-order valence-corrected chi connectivity index (χ3v) is 5.49. The van der Waals surface area contributed by atoms with Gasteiger partial charge in [-0.1, -0.05) is 18.2 Å². The molecule has 4 aromatic rings. The molecule has 2 aromatic carbocycles. The first-order chi connectivity index (χ1) is 14.7. The summed E-state index contributed by atoms with van der Waals surface area (Å²) in [5.74, 6) is 0.397.